The van der Waals surface area contributed by atoms with E-state index in [1.165, 1.54) is 30.6 Å². The van der Waals surface area contributed by atoms with Crippen LogP contribution in [0.1, 0.15) is 15.9 Å². The zero-order valence-corrected chi connectivity index (χ0v) is 10.2. The van der Waals surface area contributed by atoms with Crippen LogP contribution >= 0.6 is 11.6 Å². The summed E-state index contributed by atoms with van der Waals surface area (Å²) in [6.07, 6.45) is 2.64. The molecular weight excluding hydrogens is 257 g/mol. The van der Waals surface area contributed by atoms with Gasteiger partial charge in [0.05, 0.1) is 12.4 Å². The number of rotatable bonds is 2. The molecule has 0 saturated heterocycles. The van der Waals surface area contributed by atoms with Crippen LogP contribution in [0, 0.1) is 12.7 Å². The lowest BCUT2D eigenvalue weighted by Gasteiger charge is -2.05. The number of anilines is 1. The number of benzene rings is 1. The summed E-state index contributed by atoms with van der Waals surface area (Å²) in [6.45, 7) is 1.63. The highest BCUT2D eigenvalue weighted by Crippen LogP contribution is 2.11. The predicted molar refractivity (Wildman–Crippen MR) is 66.1 cm³/mol. The molecule has 0 radical (unpaired) electrons. The Morgan fingerprint density at radius 2 is 2.11 bits per heavy atom. The summed E-state index contributed by atoms with van der Waals surface area (Å²) in [5, 5.41) is 2.73. The fourth-order valence-corrected chi connectivity index (χ4v) is 1.40. The van der Waals surface area contributed by atoms with Crippen LogP contribution in [0.5, 0.6) is 0 Å². The summed E-state index contributed by atoms with van der Waals surface area (Å²) in [5.74, 6) is -0.624. The summed E-state index contributed by atoms with van der Waals surface area (Å²) < 4.78 is 13.3. The molecule has 18 heavy (non-hydrogen) atoms. The molecule has 0 fully saturated rings. The molecule has 0 aliphatic heterocycles. The molecule has 0 atom stereocenters. The Bertz CT molecular complexity index is 586. The van der Waals surface area contributed by atoms with Crippen molar-refractivity contribution in [1.29, 1.82) is 0 Å². The van der Waals surface area contributed by atoms with E-state index in [0.29, 0.717) is 5.56 Å². The monoisotopic (exact) mass is 265 g/mol. The molecule has 1 amide bonds. The minimum Gasteiger partial charge on any atom is -0.305 e. The number of nitrogens with one attached hydrogen (secondary N) is 1. The van der Waals surface area contributed by atoms with E-state index in [4.69, 9.17) is 11.6 Å². The van der Waals surface area contributed by atoms with Crippen LogP contribution in [0.25, 0.3) is 0 Å². The minimum absolute atomic E-state index is 0.217. The highest BCUT2D eigenvalue weighted by molar-refractivity contribution is 6.29. The second-order valence-corrected chi connectivity index (χ2v) is 4.03. The van der Waals surface area contributed by atoms with Crippen LogP contribution in [0.2, 0.25) is 5.15 Å². The summed E-state index contributed by atoms with van der Waals surface area (Å²) in [4.78, 5) is 19.4. The van der Waals surface area contributed by atoms with Crippen molar-refractivity contribution in [1.82, 2.24) is 9.97 Å². The Balaban J connectivity index is 2.16. The second kappa shape index (κ2) is 5.10. The highest BCUT2D eigenvalue weighted by atomic mass is 35.5. The van der Waals surface area contributed by atoms with E-state index in [-0.39, 0.29) is 16.5 Å². The largest absolute Gasteiger partial charge is 0.305 e. The third-order valence-corrected chi connectivity index (χ3v) is 2.49. The molecule has 2 aromatic rings. The number of aryl methyl sites for hydroxylation is 1. The first-order valence-corrected chi connectivity index (χ1v) is 5.49. The SMILES string of the molecule is Cc1ccc(C(=O)Nc2cnc(Cl)cn2)cc1F. The van der Waals surface area contributed by atoms with E-state index >= 15 is 0 Å². The van der Waals surface area contributed by atoms with Crippen molar-refractivity contribution >= 4 is 23.3 Å². The molecule has 0 spiro atoms. The van der Waals surface area contributed by atoms with Gasteiger partial charge in [-0.3, -0.25) is 4.79 Å². The maximum absolute atomic E-state index is 13.3. The maximum atomic E-state index is 13.3. The van der Waals surface area contributed by atoms with Crippen molar-refractivity contribution in [3.63, 3.8) is 0 Å². The summed E-state index contributed by atoms with van der Waals surface area (Å²) in [6, 6.07) is 4.25. The molecule has 6 heteroatoms. The van der Waals surface area contributed by atoms with Crippen molar-refractivity contribution in [3.05, 3.63) is 52.7 Å². The molecule has 0 saturated carbocycles. The number of nitrogens with zero attached hydrogens (tertiary/aromatic N) is 2. The fourth-order valence-electron chi connectivity index (χ4n) is 1.30. The summed E-state index contributed by atoms with van der Waals surface area (Å²) in [7, 11) is 0. The molecule has 1 aromatic carbocycles. The van der Waals surface area contributed by atoms with Gasteiger partial charge in [-0.15, -0.1) is 0 Å². The number of hydrogen-bond donors (Lipinski definition) is 1. The number of carbonyl (C=O) groups is 1. The Hall–Kier alpha value is -2.01. The first-order chi connectivity index (χ1) is 8.56. The molecule has 1 N–H and O–H groups in total. The van der Waals surface area contributed by atoms with Crippen LogP contribution in [0.4, 0.5) is 10.2 Å². The van der Waals surface area contributed by atoms with Gasteiger partial charge in [-0.1, -0.05) is 17.7 Å². The van der Waals surface area contributed by atoms with E-state index in [0.717, 1.165) is 0 Å². The fraction of sp³-hybridized carbons (Fsp3) is 0.0833. The van der Waals surface area contributed by atoms with Gasteiger partial charge >= 0.3 is 0 Å². The van der Waals surface area contributed by atoms with Crippen LogP contribution < -0.4 is 5.32 Å². The zero-order chi connectivity index (χ0) is 13.1. The van der Waals surface area contributed by atoms with Crippen LogP contribution in [-0.2, 0) is 0 Å². The van der Waals surface area contributed by atoms with Gasteiger partial charge in [0.15, 0.2) is 5.82 Å². The number of carbonyl (C=O) groups excluding carboxylic acids is 1. The van der Waals surface area contributed by atoms with Crippen molar-refractivity contribution in [2.75, 3.05) is 5.32 Å². The van der Waals surface area contributed by atoms with E-state index in [9.17, 15) is 9.18 Å². The average molecular weight is 266 g/mol. The van der Waals surface area contributed by atoms with Gasteiger partial charge < -0.3 is 5.32 Å². The van der Waals surface area contributed by atoms with Gasteiger partial charge in [0, 0.05) is 5.56 Å². The van der Waals surface area contributed by atoms with E-state index in [1.807, 2.05) is 0 Å². The van der Waals surface area contributed by atoms with Crippen LogP contribution in [0.15, 0.2) is 30.6 Å². The van der Waals surface area contributed by atoms with Gasteiger partial charge in [0.1, 0.15) is 11.0 Å². The molecule has 0 bridgehead atoms. The predicted octanol–water partition coefficient (Wildman–Crippen LogP) is 2.83. The van der Waals surface area contributed by atoms with Crippen molar-refractivity contribution in [3.8, 4) is 0 Å². The van der Waals surface area contributed by atoms with Crippen molar-refractivity contribution in [2.45, 2.75) is 6.92 Å². The molecule has 1 aromatic heterocycles. The standard InChI is InChI=1S/C12H9ClFN3O/c1-7-2-3-8(4-9(7)14)12(18)17-11-6-15-10(13)5-16-11/h2-6H,1H3,(H,16,17,18). The third kappa shape index (κ3) is 2.81. The summed E-state index contributed by atoms with van der Waals surface area (Å²) in [5.41, 5.74) is 0.702. The lowest BCUT2D eigenvalue weighted by atomic mass is 10.1. The lowest BCUT2D eigenvalue weighted by molar-refractivity contribution is 0.102. The highest BCUT2D eigenvalue weighted by Gasteiger charge is 2.09. The minimum atomic E-state index is -0.453. The Labute approximate surface area is 108 Å². The number of hydrogen-bond acceptors (Lipinski definition) is 3. The van der Waals surface area contributed by atoms with Crippen LogP contribution in [0.3, 0.4) is 0 Å². The molecular formula is C12H9ClFN3O. The first kappa shape index (κ1) is 12.4. The van der Waals surface area contributed by atoms with Gasteiger partial charge in [0.2, 0.25) is 0 Å². The molecule has 4 nitrogen and oxygen atoms in total. The van der Waals surface area contributed by atoms with Gasteiger partial charge in [-0.25, -0.2) is 14.4 Å². The molecule has 0 aliphatic carbocycles. The van der Waals surface area contributed by atoms with Crippen molar-refractivity contribution < 1.29 is 9.18 Å². The third-order valence-electron chi connectivity index (χ3n) is 2.30. The molecule has 92 valence electrons. The molecule has 0 aliphatic rings. The molecule has 2 rings (SSSR count). The Morgan fingerprint density at radius 1 is 1.33 bits per heavy atom. The number of halogens is 2. The number of amides is 1. The topological polar surface area (TPSA) is 54.9 Å². The van der Waals surface area contributed by atoms with Gasteiger partial charge in [0.25, 0.3) is 5.91 Å². The molecule has 1 heterocycles. The van der Waals surface area contributed by atoms with Crippen LogP contribution in [-0.4, -0.2) is 15.9 Å². The maximum Gasteiger partial charge on any atom is 0.256 e. The van der Waals surface area contributed by atoms with Gasteiger partial charge in [-0.05, 0) is 24.6 Å². The zero-order valence-electron chi connectivity index (χ0n) is 9.45. The average Bonchev–Trinajstić information content (AvgIpc) is 2.35. The van der Waals surface area contributed by atoms with E-state index < -0.39 is 11.7 Å². The Morgan fingerprint density at radius 3 is 2.72 bits per heavy atom. The van der Waals surface area contributed by atoms with E-state index in [2.05, 4.69) is 15.3 Å². The number of aromatic nitrogens is 2. The van der Waals surface area contributed by atoms with E-state index in [1.54, 1.807) is 6.92 Å². The van der Waals surface area contributed by atoms with Crippen molar-refractivity contribution in [2.24, 2.45) is 0 Å². The first-order valence-electron chi connectivity index (χ1n) is 5.11. The lowest BCUT2D eigenvalue weighted by Crippen LogP contribution is -2.13. The normalized spacial score (nSPS) is 10.2. The smallest absolute Gasteiger partial charge is 0.256 e. The second-order valence-electron chi connectivity index (χ2n) is 3.64. The Kier molecular flexibility index (Phi) is 3.53. The molecule has 0 unspecified atom stereocenters. The summed E-state index contributed by atoms with van der Waals surface area (Å²) >= 11 is 5.57. The quantitative estimate of drug-likeness (QED) is 0.908. The van der Waals surface area contributed by atoms with Gasteiger partial charge in [-0.2, -0.15) is 0 Å².